The summed E-state index contributed by atoms with van der Waals surface area (Å²) in [5.74, 6) is 1.65. The minimum atomic E-state index is -4.76. The molecule has 2 N–H and O–H groups in total. The van der Waals surface area contributed by atoms with E-state index in [0.717, 1.165) is 12.2 Å². The number of benzene rings is 1. The van der Waals surface area contributed by atoms with E-state index in [1.807, 2.05) is 25.5 Å². The Kier molecular flexibility index (Phi) is 8.90. The molecule has 8 nitrogen and oxygen atoms in total. The SMILES string of the molecule is CCOCCCNC(=NCc1ccccc1OC(F)(F)F)NCc1nnc(C)n1C. The van der Waals surface area contributed by atoms with E-state index in [2.05, 4.69) is 30.6 Å². The third-order valence-electron chi connectivity index (χ3n) is 4.16. The van der Waals surface area contributed by atoms with Crippen molar-refractivity contribution in [3.8, 4) is 5.75 Å². The lowest BCUT2D eigenvalue weighted by molar-refractivity contribution is -0.274. The van der Waals surface area contributed by atoms with E-state index in [0.29, 0.717) is 43.7 Å². The molecule has 0 spiro atoms. The predicted octanol–water partition coefficient (Wildman–Crippen LogP) is 2.68. The molecule has 2 rings (SSSR count). The van der Waals surface area contributed by atoms with E-state index in [1.54, 1.807) is 12.1 Å². The number of nitrogens with zero attached hydrogens (tertiary/aromatic N) is 4. The maximum Gasteiger partial charge on any atom is 0.573 e. The van der Waals surface area contributed by atoms with Crippen molar-refractivity contribution >= 4 is 5.96 Å². The zero-order chi connectivity index (χ0) is 22.0. The van der Waals surface area contributed by atoms with Gasteiger partial charge in [0, 0.05) is 32.4 Å². The van der Waals surface area contributed by atoms with Crippen molar-refractivity contribution in [2.45, 2.75) is 39.7 Å². The normalized spacial score (nSPS) is 12.1. The van der Waals surface area contributed by atoms with Crippen LogP contribution in [0.5, 0.6) is 5.75 Å². The van der Waals surface area contributed by atoms with Crippen molar-refractivity contribution in [3.05, 3.63) is 41.5 Å². The highest BCUT2D eigenvalue weighted by Crippen LogP contribution is 2.26. The van der Waals surface area contributed by atoms with Crippen LogP contribution in [0.2, 0.25) is 0 Å². The molecule has 166 valence electrons. The average molecular weight is 428 g/mol. The third-order valence-corrected chi connectivity index (χ3v) is 4.16. The number of hydrogen-bond donors (Lipinski definition) is 2. The topological polar surface area (TPSA) is 85.6 Å². The van der Waals surface area contributed by atoms with Gasteiger partial charge in [0.25, 0.3) is 0 Å². The van der Waals surface area contributed by atoms with E-state index in [1.165, 1.54) is 12.1 Å². The Bertz CT molecular complexity index is 823. The maximum atomic E-state index is 12.6. The number of aryl methyl sites for hydroxylation is 1. The van der Waals surface area contributed by atoms with Crippen LogP contribution in [0, 0.1) is 6.92 Å². The van der Waals surface area contributed by atoms with Crippen LogP contribution < -0.4 is 15.4 Å². The monoisotopic (exact) mass is 428 g/mol. The Morgan fingerprint density at radius 3 is 2.63 bits per heavy atom. The fraction of sp³-hybridized carbons (Fsp3) is 0.526. The summed E-state index contributed by atoms with van der Waals surface area (Å²) in [7, 11) is 1.85. The van der Waals surface area contributed by atoms with Crippen LogP contribution in [0.3, 0.4) is 0 Å². The number of alkyl halides is 3. The van der Waals surface area contributed by atoms with Crippen LogP contribution in [0.4, 0.5) is 13.2 Å². The van der Waals surface area contributed by atoms with Gasteiger partial charge in [0.1, 0.15) is 11.6 Å². The molecule has 1 aromatic heterocycles. The molecule has 1 aromatic carbocycles. The number of aromatic nitrogens is 3. The van der Waals surface area contributed by atoms with E-state index >= 15 is 0 Å². The number of guanidine groups is 1. The van der Waals surface area contributed by atoms with Crippen molar-refractivity contribution < 1.29 is 22.6 Å². The summed E-state index contributed by atoms with van der Waals surface area (Å²) in [5.41, 5.74) is 0.319. The number of halogens is 3. The summed E-state index contributed by atoms with van der Waals surface area (Å²) in [5, 5.41) is 14.4. The molecule has 0 aliphatic heterocycles. The highest BCUT2D eigenvalue weighted by atomic mass is 19.4. The maximum absolute atomic E-state index is 12.6. The molecule has 0 atom stereocenters. The van der Waals surface area contributed by atoms with Gasteiger partial charge in [0.2, 0.25) is 0 Å². The lowest BCUT2D eigenvalue weighted by atomic mass is 10.2. The van der Waals surface area contributed by atoms with E-state index in [-0.39, 0.29) is 12.3 Å². The van der Waals surface area contributed by atoms with Crippen LogP contribution in [0.1, 0.15) is 30.6 Å². The second-order valence-electron chi connectivity index (χ2n) is 6.37. The molecule has 0 fully saturated rings. The number of rotatable bonds is 10. The molecule has 0 aliphatic carbocycles. The first-order valence-electron chi connectivity index (χ1n) is 9.58. The van der Waals surface area contributed by atoms with Gasteiger partial charge >= 0.3 is 6.36 Å². The standard InChI is InChI=1S/C19H27F3N6O2/c1-4-29-11-7-10-23-18(25-13-17-27-26-14(2)28(17)3)24-12-15-8-5-6-9-16(15)30-19(20,21)22/h5-6,8-9H,4,7,10-13H2,1-3H3,(H2,23,24,25). The highest BCUT2D eigenvalue weighted by Gasteiger charge is 2.31. The van der Waals surface area contributed by atoms with Crippen molar-refractivity contribution in [1.82, 2.24) is 25.4 Å². The minimum Gasteiger partial charge on any atom is -0.405 e. The van der Waals surface area contributed by atoms with Crippen molar-refractivity contribution in [2.24, 2.45) is 12.0 Å². The zero-order valence-corrected chi connectivity index (χ0v) is 17.3. The summed E-state index contributed by atoms with van der Waals surface area (Å²) >= 11 is 0. The third kappa shape index (κ3) is 7.90. The molecule has 0 unspecified atom stereocenters. The zero-order valence-electron chi connectivity index (χ0n) is 17.3. The van der Waals surface area contributed by atoms with E-state index in [9.17, 15) is 13.2 Å². The molecule has 0 radical (unpaired) electrons. The Labute approximate surface area is 173 Å². The predicted molar refractivity (Wildman–Crippen MR) is 106 cm³/mol. The van der Waals surface area contributed by atoms with Gasteiger partial charge in [-0.3, -0.25) is 0 Å². The molecule has 2 aromatic rings. The molecule has 0 saturated heterocycles. The molecule has 0 bridgehead atoms. The van der Waals surface area contributed by atoms with Crippen molar-refractivity contribution in [1.29, 1.82) is 0 Å². The van der Waals surface area contributed by atoms with Gasteiger partial charge < -0.3 is 24.7 Å². The summed E-state index contributed by atoms with van der Waals surface area (Å²) in [6.45, 7) is 5.95. The quantitative estimate of drug-likeness (QED) is 0.344. The molecule has 1 heterocycles. The van der Waals surface area contributed by atoms with Gasteiger partial charge in [-0.25, -0.2) is 4.99 Å². The Morgan fingerprint density at radius 2 is 1.97 bits per heavy atom. The van der Waals surface area contributed by atoms with E-state index in [4.69, 9.17) is 4.74 Å². The number of ether oxygens (including phenoxy) is 2. The van der Waals surface area contributed by atoms with Crippen LogP contribution in [0.25, 0.3) is 0 Å². The number of para-hydroxylation sites is 1. The number of hydrogen-bond acceptors (Lipinski definition) is 5. The van der Waals surface area contributed by atoms with Gasteiger partial charge in [-0.15, -0.1) is 23.4 Å². The van der Waals surface area contributed by atoms with Crippen LogP contribution >= 0.6 is 0 Å². The lowest BCUT2D eigenvalue weighted by Gasteiger charge is -2.14. The Balaban J connectivity index is 2.07. The fourth-order valence-corrected chi connectivity index (χ4v) is 2.49. The average Bonchev–Trinajstić information content (AvgIpc) is 3.01. The first-order chi connectivity index (χ1) is 14.3. The minimum absolute atomic E-state index is 0.00485. The summed E-state index contributed by atoms with van der Waals surface area (Å²) in [6, 6.07) is 5.93. The first kappa shape index (κ1) is 23.5. The molecule has 0 saturated carbocycles. The molecule has 11 heteroatoms. The molecular formula is C19H27F3N6O2. The van der Waals surface area contributed by atoms with Gasteiger partial charge in [-0.1, -0.05) is 18.2 Å². The van der Waals surface area contributed by atoms with Gasteiger partial charge in [-0.05, 0) is 26.3 Å². The second kappa shape index (κ2) is 11.4. The summed E-state index contributed by atoms with van der Waals surface area (Å²) < 4.78 is 49.1. The van der Waals surface area contributed by atoms with Gasteiger partial charge in [0.05, 0.1) is 13.1 Å². The summed E-state index contributed by atoms with van der Waals surface area (Å²) in [4.78, 5) is 4.40. The first-order valence-corrected chi connectivity index (χ1v) is 9.58. The van der Waals surface area contributed by atoms with Crippen molar-refractivity contribution in [2.75, 3.05) is 19.8 Å². The van der Waals surface area contributed by atoms with Crippen molar-refractivity contribution in [3.63, 3.8) is 0 Å². The Hall–Kier alpha value is -2.82. The van der Waals surface area contributed by atoms with Gasteiger partial charge in [0.15, 0.2) is 11.8 Å². The van der Waals surface area contributed by atoms with Crippen LogP contribution in [0.15, 0.2) is 29.3 Å². The number of aliphatic imine (C=N–C) groups is 1. The van der Waals surface area contributed by atoms with E-state index < -0.39 is 6.36 Å². The van der Waals surface area contributed by atoms with Crippen LogP contribution in [-0.2, 0) is 24.9 Å². The largest absolute Gasteiger partial charge is 0.573 e. The smallest absolute Gasteiger partial charge is 0.405 e. The second-order valence-corrected chi connectivity index (χ2v) is 6.37. The number of nitrogens with one attached hydrogen (secondary N) is 2. The summed E-state index contributed by atoms with van der Waals surface area (Å²) in [6.07, 6.45) is -4.01. The Morgan fingerprint density at radius 1 is 1.20 bits per heavy atom. The molecule has 30 heavy (non-hydrogen) atoms. The lowest BCUT2D eigenvalue weighted by Crippen LogP contribution is -2.38. The van der Waals surface area contributed by atoms with Crippen LogP contribution in [-0.4, -0.2) is 46.8 Å². The molecule has 0 aliphatic rings. The molecular weight excluding hydrogens is 401 g/mol. The fourth-order valence-electron chi connectivity index (χ4n) is 2.49. The van der Waals surface area contributed by atoms with Gasteiger partial charge in [-0.2, -0.15) is 0 Å². The molecule has 0 amide bonds. The highest BCUT2D eigenvalue weighted by molar-refractivity contribution is 5.79.